The van der Waals surface area contributed by atoms with Crippen molar-refractivity contribution in [3.63, 3.8) is 0 Å². The standard InChI is InChI=1S/C15H6Cl2N2O2/c16-8-5-6-9-11(12(8)17)15(21)19-10-4-2-1-3-7(10)13(20)14(19)18-9/h1-6H. The summed E-state index contributed by atoms with van der Waals surface area (Å²) in [4.78, 5) is 29.4. The van der Waals surface area contributed by atoms with E-state index >= 15 is 0 Å². The summed E-state index contributed by atoms with van der Waals surface area (Å²) in [5, 5.41) is 0.650. The number of nitrogens with zero attached hydrogens (tertiary/aromatic N) is 2. The fraction of sp³-hybridized carbons (Fsp3) is 0. The molecular weight excluding hydrogens is 311 g/mol. The summed E-state index contributed by atoms with van der Waals surface area (Å²) >= 11 is 12.1. The topological polar surface area (TPSA) is 52.0 Å². The molecule has 0 bridgehead atoms. The maximum absolute atomic E-state index is 12.7. The number of carbonyl (C=O) groups is 1. The zero-order valence-corrected chi connectivity index (χ0v) is 11.9. The maximum Gasteiger partial charge on any atom is 0.267 e. The molecule has 2 aromatic carbocycles. The van der Waals surface area contributed by atoms with E-state index in [-0.39, 0.29) is 32.6 Å². The molecular formula is C15H6Cl2N2O2. The lowest BCUT2D eigenvalue weighted by Gasteiger charge is -2.07. The molecule has 1 aliphatic heterocycles. The first-order valence-electron chi connectivity index (χ1n) is 6.14. The van der Waals surface area contributed by atoms with Gasteiger partial charge in [0.15, 0.2) is 5.82 Å². The molecule has 0 N–H and O–H groups in total. The van der Waals surface area contributed by atoms with Crippen LogP contribution in [0.4, 0.5) is 0 Å². The van der Waals surface area contributed by atoms with E-state index in [9.17, 15) is 9.59 Å². The van der Waals surface area contributed by atoms with Crippen LogP contribution in [0.3, 0.4) is 0 Å². The van der Waals surface area contributed by atoms with Gasteiger partial charge in [0.25, 0.3) is 5.56 Å². The summed E-state index contributed by atoms with van der Waals surface area (Å²) in [5.74, 6) is -0.164. The van der Waals surface area contributed by atoms with Gasteiger partial charge in [-0.3, -0.25) is 14.2 Å². The minimum atomic E-state index is -0.388. The van der Waals surface area contributed by atoms with Gasteiger partial charge in [0.1, 0.15) is 0 Å². The van der Waals surface area contributed by atoms with Crippen LogP contribution in [0.5, 0.6) is 0 Å². The third-order valence-electron chi connectivity index (χ3n) is 3.52. The Labute approximate surface area is 128 Å². The van der Waals surface area contributed by atoms with Crippen molar-refractivity contribution in [1.82, 2.24) is 9.55 Å². The number of rotatable bonds is 0. The first-order valence-corrected chi connectivity index (χ1v) is 6.90. The second-order valence-corrected chi connectivity index (χ2v) is 5.46. The van der Waals surface area contributed by atoms with Crippen molar-refractivity contribution in [2.45, 2.75) is 0 Å². The highest BCUT2D eigenvalue weighted by Gasteiger charge is 2.30. The molecule has 0 aliphatic carbocycles. The highest BCUT2D eigenvalue weighted by Crippen LogP contribution is 2.31. The normalized spacial score (nSPS) is 12.6. The molecule has 0 fully saturated rings. The van der Waals surface area contributed by atoms with Crippen LogP contribution < -0.4 is 5.56 Å². The lowest BCUT2D eigenvalue weighted by Crippen LogP contribution is -2.21. The molecule has 0 spiro atoms. The highest BCUT2D eigenvalue weighted by atomic mass is 35.5. The number of hydrogen-bond acceptors (Lipinski definition) is 3. The number of halogens is 2. The average molecular weight is 317 g/mol. The van der Waals surface area contributed by atoms with Gasteiger partial charge in [-0.25, -0.2) is 4.98 Å². The van der Waals surface area contributed by atoms with E-state index in [0.29, 0.717) is 16.8 Å². The molecule has 3 aromatic rings. The van der Waals surface area contributed by atoms with Gasteiger partial charge >= 0.3 is 0 Å². The van der Waals surface area contributed by atoms with Gasteiger partial charge in [0.2, 0.25) is 5.78 Å². The first-order chi connectivity index (χ1) is 10.1. The minimum Gasteiger partial charge on any atom is -0.285 e. The molecule has 2 heterocycles. The Morgan fingerprint density at radius 1 is 1.00 bits per heavy atom. The Kier molecular flexibility index (Phi) is 2.49. The zero-order chi connectivity index (χ0) is 14.7. The Morgan fingerprint density at radius 2 is 1.76 bits per heavy atom. The Balaban J connectivity index is 2.24. The monoisotopic (exact) mass is 316 g/mol. The van der Waals surface area contributed by atoms with E-state index < -0.39 is 0 Å². The largest absolute Gasteiger partial charge is 0.285 e. The number of hydrogen-bond donors (Lipinski definition) is 0. The lowest BCUT2D eigenvalue weighted by atomic mass is 10.1. The summed E-state index contributed by atoms with van der Waals surface area (Å²) < 4.78 is 1.29. The van der Waals surface area contributed by atoms with Crippen LogP contribution in [0.25, 0.3) is 16.6 Å². The molecule has 0 saturated heterocycles. The molecule has 0 amide bonds. The minimum absolute atomic E-state index is 0.104. The van der Waals surface area contributed by atoms with Crippen LogP contribution in [0, 0.1) is 0 Å². The summed E-state index contributed by atoms with van der Waals surface area (Å²) in [6, 6.07) is 10.0. The van der Waals surface area contributed by atoms with E-state index in [1.165, 1.54) is 4.57 Å². The molecule has 0 radical (unpaired) electrons. The summed E-state index contributed by atoms with van der Waals surface area (Å²) in [6.07, 6.45) is 0. The number of fused-ring (bicyclic) bond motifs is 4. The van der Waals surface area contributed by atoms with E-state index in [1.807, 2.05) is 0 Å². The van der Waals surface area contributed by atoms with E-state index in [1.54, 1.807) is 36.4 Å². The van der Waals surface area contributed by atoms with Gasteiger partial charge in [0, 0.05) is 0 Å². The molecule has 0 atom stereocenters. The van der Waals surface area contributed by atoms with E-state index in [2.05, 4.69) is 4.98 Å². The van der Waals surface area contributed by atoms with Gasteiger partial charge in [-0.05, 0) is 24.3 Å². The second-order valence-electron chi connectivity index (χ2n) is 4.68. The molecule has 0 saturated carbocycles. The SMILES string of the molecule is O=C1c2ccccc2-n2c1nc1ccc(Cl)c(Cl)c1c2=O. The molecule has 6 heteroatoms. The van der Waals surface area contributed by atoms with Crippen molar-refractivity contribution < 1.29 is 4.79 Å². The third-order valence-corrected chi connectivity index (χ3v) is 4.32. The number of ketones is 1. The molecule has 1 aromatic heterocycles. The summed E-state index contributed by atoms with van der Waals surface area (Å²) in [6.45, 7) is 0. The predicted molar refractivity (Wildman–Crippen MR) is 80.8 cm³/mol. The molecule has 4 rings (SSSR count). The van der Waals surface area contributed by atoms with Crippen LogP contribution >= 0.6 is 23.2 Å². The van der Waals surface area contributed by atoms with Crippen LogP contribution in [0.1, 0.15) is 16.2 Å². The van der Waals surface area contributed by atoms with Crippen molar-refractivity contribution in [1.29, 1.82) is 0 Å². The van der Waals surface area contributed by atoms with Gasteiger partial charge < -0.3 is 0 Å². The quantitative estimate of drug-likeness (QED) is 0.500. The predicted octanol–water partition coefficient (Wildman–Crippen LogP) is 3.24. The number of carbonyl (C=O) groups excluding carboxylic acids is 1. The van der Waals surface area contributed by atoms with Crippen LogP contribution in [0.2, 0.25) is 10.0 Å². The van der Waals surface area contributed by atoms with Gasteiger partial charge in [-0.1, -0.05) is 35.3 Å². The van der Waals surface area contributed by atoms with Gasteiger partial charge in [-0.2, -0.15) is 0 Å². The highest BCUT2D eigenvalue weighted by molar-refractivity contribution is 6.45. The van der Waals surface area contributed by atoms with Crippen LogP contribution in [0.15, 0.2) is 41.2 Å². The van der Waals surface area contributed by atoms with Gasteiger partial charge in [-0.15, -0.1) is 0 Å². The zero-order valence-electron chi connectivity index (χ0n) is 10.4. The van der Waals surface area contributed by atoms with E-state index in [4.69, 9.17) is 23.2 Å². The number of aromatic nitrogens is 2. The number of para-hydroxylation sites is 1. The lowest BCUT2D eigenvalue weighted by molar-refractivity contribution is 0.103. The third kappa shape index (κ3) is 1.54. The number of benzene rings is 2. The molecule has 4 nitrogen and oxygen atoms in total. The Hall–Kier alpha value is -2.17. The first kappa shape index (κ1) is 12.6. The van der Waals surface area contributed by atoms with Crippen molar-refractivity contribution in [3.05, 3.63) is 68.2 Å². The second kappa shape index (κ2) is 4.16. The van der Waals surface area contributed by atoms with E-state index in [0.717, 1.165) is 0 Å². The summed E-state index contributed by atoms with van der Waals surface area (Å²) in [7, 11) is 0. The molecule has 102 valence electrons. The molecule has 0 unspecified atom stereocenters. The van der Waals surface area contributed by atoms with Crippen LogP contribution in [-0.4, -0.2) is 15.3 Å². The molecule has 1 aliphatic rings. The van der Waals surface area contributed by atoms with Gasteiger partial charge in [0.05, 0.1) is 32.2 Å². The van der Waals surface area contributed by atoms with Crippen molar-refractivity contribution in [2.75, 3.05) is 0 Å². The van der Waals surface area contributed by atoms with Crippen LogP contribution in [-0.2, 0) is 0 Å². The van der Waals surface area contributed by atoms with Crippen molar-refractivity contribution in [2.24, 2.45) is 0 Å². The Morgan fingerprint density at radius 3 is 2.57 bits per heavy atom. The Bertz CT molecular complexity index is 1010. The molecule has 21 heavy (non-hydrogen) atoms. The smallest absolute Gasteiger partial charge is 0.267 e. The van der Waals surface area contributed by atoms with Crippen molar-refractivity contribution in [3.8, 4) is 5.69 Å². The maximum atomic E-state index is 12.7. The van der Waals surface area contributed by atoms with Crippen molar-refractivity contribution >= 4 is 39.9 Å². The fourth-order valence-electron chi connectivity index (χ4n) is 2.57. The average Bonchev–Trinajstić information content (AvgIpc) is 2.77. The summed E-state index contributed by atoms with van der Waals surface area (Å²) in [5.41, 5.74) is 0.954. The fourth-order valence-corrected chi connectivity index (χ4v) is 2.96.